The number of nitrogens with one attached hydrogen (secondary N) is 2. The number of pyridine rings is 2. The Morgan fingerprint density at radius 3 is 2.47 bits per heavy atom. The van der Waals surface area contributed by atoms with Crippen molar-refractivity contribution in [3.8, 4) is 0 Å². The molecule has 1 fully saturated rings. The van der Waals surface area contributed by atoms with Crippen LogP contribution in [-0.2, 0) is 14.8 Å². The van der Waals surface area contributed by atoms with Crippen LogP contribution in [0.5, 0.6) is 0 Å². The quantitative estimate of drug-likeness (QED) is 0.465. The van der Waals surface area contributed by atoms with Crippen molar-refractivity contribution in [2.24, 2.45) is 5.92 Å². The van der Waals surface area contributed by atoms with Gasteiger partial charge >= 0.3 is 0 Å². The lowest BCUT2D eigenvalue weighted by Crippen LogP contribution is -2.14. The highest BCUT2D eigenvalue weighted by Gasteiger charge is 2.44. The Morgan fingerprint density at radius 1 is 0.875 bits per heavy atom. The third-order valence-electron chi connectivity index (χ3n) is 5.57. The van der Waals surface area contributed by atoms with E-state index < -0.39 is 10.0 Å². The molecule has 0 saturated heterocycles. The summed E-state index contributed by atoms with van der Waals surface area (Å²) in [5.41, 5.74) is 2.11. The fourth-order valence-corrected chi connectivity index (χ4v) is 4.82. The third kappa shape index (κ3) is 4.17. The van der Waals surface area contributed by atoms with E-state index in [0.717, 1.165) is 28.4 Å². The van der Waals surface area contributed by atoms with Gasteiger partial charge in [0.05, 0.1) is 16.8 Å². The average Bonchev–Trinajstić information content (AvgIpc) is 3.61. The number of amides is 1. The number of hydrogen-bond donors (Lipinski definition) is 2. The number of hydrogen-bond acceptors (Lipinski definition) is 5. The molecule has 2 N–H and O–H groups in total. The van der Waals surface area contributed by atoms with Gasteiger partial charge in [-0.05, 0) is 65.8 Å². The molecule has 2 atom stereocenters. The van der Waals surface area contributed by atoms with Crippen LogP contribution in [0.1, 0.15) is 17.9 Å². The molecule has 7 nitrogen and oxygen atoms in total. The first-order valence-electron chi connectivity index (χ1n) is 10.2. The van der Waals surface area contributed by atoms with E-state index >= 15 is 0 Å². The summed E-state index contributed by atoms with van der Waals surface area (Å²) in [5, 5.41) is 5.02. The van der Waals surface area contributed by atoms with Gasteiger partial charge in [0.1, 0.15) is 0 Å². The van der Waals surface area contributed by atoms with E-state index in [9.17, 15) is 13.2 Å². The van der Waals surface area contributed by atoms with Gasteiger partial charge in [-0.15, -0.1) is 0 Å². The summed E-state index contributed by atoms with van der Waals surface area (Å²) in [6, 6.07) is 17.6. The smallest absolute Gasteiger partial charge is 0.261 e. The van der Waals surface area contributed by atoms with Gasteiger partial charge in [-0.2, -0.15) is 0 Å². The van der Waals surface area contributed by atoms with Gasteiger partial charge in [-0.1, -0.05) is 18.2 Å². The number of fused-ring (bicyclic) bond motifs is 1. The van der Waals surface area contributed by atoms with E-state index in [2.05, 4.69) is 20.0 Å². The molecule has 2 aromatic heterocycles. The molecule has 0 spiro atoms. The number of aromatic nitrogens is 2. The molecule has 0 radical (unpaired) electrons. The monoisotopic (exact) mass is 444 g/mol. The Morgan fingerprint density at radius 2 is 1.69 bits per heavy atom. The van der Waals surface area contributed by atoms with E-state index in [0.29, 0.717) is 5.69 Å². The third-order valence-corrected chi connectivity index (χ3v) is 6.96. The minimum absolute atomic E-state index is 0.0293. The van der Waals surface area contributed by atoms with Crippen molar-refractivity contribution < 1.29 is 13.2 Å². The van der Waals surface area contributed by atoms with Crippen LogP contribution in [0.4, 0.5) is 11.4 Å². The fourth-order valence-electron chi connectivity index (χ4n) is 3.78. The minimum Gasteiger partial charge on any atom is -0.326 e. The summed E-state index contributed by atoms with van der Waals surface area (Å²) < 4.78 is 27.6. The maximum Gasteiger partial charge on any atom is 0.261 e. The Hall–Kier alpha value is -3.78. The summed E-state index contributed by atoms with van der Waals surface area (Å²) in [4.78, 5) is 20.9. The molecule has 2 aromatic carbocycles. The minimum atomic E-state index is -3.70. The highest BCUT2D eigenvalue weighted by Crippen LogP contribution is 2.48. The normalized spacial score (nSPS) is 17.6. The first-order chi connectivity index (χ1) is 15.5. The lowest BCUT2D eigenvalue weighted by atomic mass is 10.1. The molecule has 2 heterocycles. The number of carbonyl (C=O) groups excluding carboxylic acids is 1. The second-order valence-electron chi connectivity index (χ2n) is 7.79. The van der Waals surface area contributed by atoms with Crippen LogP contribution in [0, 0.1) is 5.92 Å². The van der Waals surface area contributed by atoms with Gasteiger partial charge in [0, 0.05) is 35.6 Å². The first-order valence-corrected chi connectivity index (χ1v) is 11.7. The summed E-state index contributed by atoms with van der Waals surface area (Å²) in [6.45, 7) is 0. The number of nitrogens with zero attached hydrogens (tertiary/aromatic N) is 2. The summed E-state index contributed by atoms with van der Waals surface area (Å²) in [7, 11) is -3.70. The molecule has 5 rings (SSSR count). The van der Waals surface area contributed by atoms with Gasteiger partial charge in [0.25, 0.3) is 10.0 Å². The van der Waals surface area contributed by atoms with Crippen LogP contribution < -0.4 is 10.0 Å². The standard InChI is InChI=1S/C24H20N4O3S/c29-24(27-19-6-3-18-14-26-11-9-17(18)12-19)23-13-22(23)16-4-7-21(8-5-16)32(30,31)28-20-2-1-10-25-15-20/h1-12,14-15,22-23,28H,13H2,(H,27,29). The summed E-state index contributed by atoms with van der Waals surface area (Å²) in [6.07, 6.45) is 7.27. The second-order valence-corrected chi connectivity index (χ2v) is 9.47. The van der Waals surface area contributed by atoms with Crippen LogP contribution in [0.2, 0.25) is 0 Å². The van der Waals surface area contributed by atoms with E-state index in [1.807, 2.05) is 24.3 Å². The molecule has 8 heteroatoms. The van der Waals surface area contributed by atoms with Crippen LogP contribution >= 0.6 is 0 Å². The molecule has 4 aromatic rings. The zero-order valence-electron chi connectivity index (χ0n) is 17.0. The average molecular weight is 445 g/mol. The Kier molecular flexibility index (Phi) is 5.07. The van der Waals surface area contributed by atoms with E-state index in [-0.39, 0.29) is 22.6 Å². The van der Waals surface area contributed by atoms with Crippen molar-refractivity contribution >= 4 is 38.1 Å². The predicted octanol–water partition coefficient (Wildman–Crippen LogP) is 4.17. The topological polar surface area (TPSA) is 101 Å². The van der Waals surface area contributed by atoms with E-state index in [1.54, 1.807) is 55.0 Å². The zero-order valence-corrected chi connectivity index (χ0v) is 17.8. The molecule has 1 aliphatic carbocycles. The van der Waals surface area contributed by atoms with E-state index in [4.69, 9.17) is 0 Å². The Bertz CT molecular complexity index is 1390. The number of sulfonamides is 1. The van der Waals surface area contributed by atoms with Crippen molar-refractivity contribution in [2.45, 2.75) is 17.2 Å². The van der Waals surface area contributed by atoms with Crippen molar-refractivity contribution in [1.29, 1.82) is 0 Å². The first kappa shape index (κ1) is 20.1. The molecule has 32 heavy (non-hydrogen) atoms. The van der Waals surface area contributed by atoms with Crippen molar-refractivity contribution in [2.75, 3.05) is 10.0 Å². The maximum atomic E-state index is 12.7. The molecule has 1 amide bonds. The molecule has 0 bridgehead atoms. The van der Waals surface area contributed by atoms with Gasteiger partial charge in [-0.25, -0.2) is 8.42 Å². The molecule has 1 saturated carbocycles. The number of anilines is 2. The van der Waals surface area contributed by atoms with Crippen LogP contribution in [0.3, 0.4) is 0 Å². The van der Waals surface area contributed by atoms with Crippen LogP contribution in [0.25, 0.3) is 10.8 Å². The summed E-state index contributed by atoms with van der Waals surface area (Å²) >= 11 is 0. The van der Waals surface area contributed by atoms with E-state index in [1.165, 1.54) is 6.20 Å². The van der Waals surface area contributed by atoms with Gasteiger partial charge in [0.15, 0.2) is 0 Å². The lowest BCUT2D eigenvalue weighted by molar-refractivity contribution is -0.117. The molecular formula is C24H20N4O3S. The Labute approximate surface area is 185 Å². The van der Waals surface area contributed by atoms with Crippen molar-refractivity contribution in [3.63, 3.8) is 0 Å². The summed E-state index contributed by atoms with van der Waals surface area (Å²) in [5.74, 6) is -0.0693. The zero-order chi connectivity index (χ0) is 22.1. The predicted molar refractivity (Wildman–Crippen MR) is 123 cm³/mol. The molecule has 0 aliphatic heterocycles. The van der Waals surface area contributed by atoms with Crippen LogP contribution in [0.15, 0.2) is 90.3 Å². The lowest BCUT2D eigenvalue weighted by Gasteiger charge is -2.09. The highest BCUT2D eigenvalue weighted by atomic mass is 32.2. The van der Waals surface area contributed by atoms with Crippen LogP contribution in [-0.4, -0.2) is 24.3 Å². The number of rotatable bonds is 6. The number of benzene rings is 2. The second kappa shape index (κ2) is 8.05. The molecule has 2 unspecified atom stereocenters. The highest BCUT2D eigenvalue weighted by molar-refractivity contribution is 7.92. The molecule has 1 aliphatic rings. The largest absolute Gasteiger partial charge is 0.326 e. The Balaban J connectivity index is 1.24. The molecular weight excluding hydrogens is 424 g/mol. The number of carbonyl (C=O) groups is 1. The van der Waals surface area contributed by atoms with Crippen molar-refractivity contribution in [1.82, 2.24) is 9.97 Å². The van der Waals surface area contributed by atoms with Gasteiger partial charge in [-0.3, -0.25) is 19.5 Å². The molecule has 160 valence electrons. The fraction of sp³-hybridized carbons (Fsp3) is 0.125. The van der Waals surface area contributed by atoms with Gasteiger partial charge < -0.3 is 5.32 Å². The maximum absolute atomic E-state index is 12.7. The van der Waals surface area contributed by atoms with Crippen molar-refractivity contribution in [3.05, 3.63) is 91.0 Å². The SMILES string of the molecule is O=C(Nc1ccc2cnccc2c1)C1CC1c1ccc(S(=O)(=O)Nc2cccnc2)cc1. The van der Waals surface area contributed by atoms with Gasteiger partial charge in [0.2, 0.25) is 5.91 Å².